The van der Waals surface area contributed by atoms with Gasteiger partial charge in [-0.1, -0.05) is 51.8 Å². The molecule has 172 valence electrons. The number of hydrogen-bond acceptors (Lipinski definition) is 4. The van der Waals surface area contributed by atoms with E-state index in [0.29, 0.717) is 15.1 Å². The summed E-state index contributed by atoms with van der Waals surface area (Å²) in [6.45, 7) is 0. The predicted octanol–water partition coefficient (Wildman–Crippen LogP) is 5.47. The number of aliphatic hydroxyl groups is 1. The summed E-state index contributed by atoms with van der Waals surface area (Å²) < 4.78 is 48.3. The third-order valence-electron chi connectivity index (χ3n) is 5.26. The fourth-order valence-electron chi connectivity index (χ4n) is 3.69. The summed E-state index contributed by atoms with van der Waals surface area (Å²) in [5.41, 5.74) is -3.39. The highest BCUT2D eigenvalue weighted by Gasteiger charge is 2.66. The summed E-state index contributed by atoms with van der Waals surface area (Å²) in [4.78, 5) is 25.4. The molecule has 1 fully saturated rings. The van der Waals surface area contributed by atoms with E-state index in [1.807, 2.05) is 0 Å². The van der Waals surface area contributed by atoms with Gasteiger partial charge in [0.05, 0.1) is 0 Å². The third-order valence-corrected chi connectivity index (χ3v) is 6.02. The number of Topliss-reactive ketones (excluding diaryl/α,β-unsaturated/α-hetero) is 1. The molecule has 1 aliphatic rings. The molecule has 0 aliphatic carbocycles. The fraction of sp³-hybridized carbons (Fsp3) is 0.182. The Morgan fingerprint density at radius 1 is 1.12 bits per heavy atom. The Labute approximate surface area is 198 Å². The van der Waals surface area contributed by atoms with Crippen molar-refractivity contribution in [1.82, 2.24) is 10.6 Å². The van der Waals surface area contributed by atoms with E-state index < -0.39 is 35.7 Å². The van der Waals surface area contributed by atoms with Gasteiger partial charge in [0.2, 0.25) is 5.72 Å². The van der Waals surface area contributed by atoms with E-state index in [-0.39, 0.29) is 17.1 Å². The van der Waals surface area contributed by atoms with Gasteiger partial charge in [-0.3, -0.25) is 4.79 Å². The van der Waals surface area contributed by atoms with Crippen molar-refractivity contribution in [3.05, 3.63) is 81.5 Å². The van der Waals surface area contributed by atoms with Gasteiger partial charge in [0.1, 0.15) is 23.5 Å². The first-order chi connectivity index (χ1) is 15.5. The molecule has 0 saturated carbocycles. The van der Waals surface area contributed by atoms with Crippen molar-refractivity contribution in [1.29, 1.82) is 0 Å². The van der Waals surface area contributed by atoms with Gasteiger partial charge in [0.15, 0.2) is 5.78 Å². The molecule has 2 aromatic carbocycles. The quantitative estimate of drug-likeness (QED) is 0.381. The maximum absolute atomic E-state index is 14.0. The summed E-state index contributed by atoms with van der Waals surface area (Å²) >= 11 is 9.18. The zero-order chi connectivity index (χ0) is 24.0. The number of carbonyl (C=O) groups excluding carboxylic acids is 2. The molecular weight excluding hydrogens is 529 g/mol. The topological polar surface area (TPSA) is 91.6 Å². The van der Waals surface area contributed by atoms with Crippen LogP contribution in [0.3, 0.4) is 0 Å². The highest BCUT2D eigenvalue weighted by atomic mass is 79.9. The second-order valence-electron chi connectivity index (χ2n) is 7.40. The fourth-order valence-corrected chi connectivity index (χ4v) is 4.14. The van der Waals surface area contributed by atoms with E-state index >= 15 is 0 Å². The highest BCUT2D eigenvalue weighted by Crippen LogP contribution is 2.44. The van der Waals surface area contributed by atoms with Crippen molar-refractivity contribution in [2.24, 2.45) is 5.92 Å². The van der Waals surface area contributed by atoms with Crippen LogP contribution in [0.25, 0.3) is 11.3 Å². The molecule has 1 saturated heterocycles. The summed E-state index contributed by atoms with van der Waals surface area (Å²) in [7, 11) is 0. The van der Waals surface area contributed by atoms with E-state index in [0.717, 1.165) is 0 Å². The maximum Gasteiger partial charge on any atom is 0.437 e. The van der Waals surface area contributed by atoms with Gasteiger partial charge < -0.3 is 20.2 Å². The van der Waals surface area contributed by atoms with Crippen LogP contribution in [0.2, 0.25) is 5.02 Å². The van der Waals surface area contributed by atoms with Gasteiger partial charge in [-0.25, -0.2) is 4.79 Å². The average Bonchev–Trinajstić information content (AvgIpc) is 3.23. The van der Waals surface area contributed by atoms with Crippen LogP contribution in [0.15, 0.2) is 69.6 Å². The average molecular weight is 544 g/mol. The molecule has 3 aromatic rings. The first-order valence-electron chi connectivity index (χ1n) is 9.53. The van der Waals surface area contributed by atoms with E-state index in [2.05, 4.69) is 21.2 Å². The molecule has 0 bridgehead atoms. The normalized spacial score (nSPS) is 23.0. The highest BCUT2D eigenvalue weighted by molar-refractivity contribution is 9.10. The number of rotatable bonds is 4. The zero-order valence-corrected chi connectivity index (χ0v) is 18.8. The molecule has 2 heterocycles. The van der Waals surface area contributed by atoms with Crippen molar-refractivity contribution in [3.8, 4) is 11.3 Å². The third kappa shape index (κ3) is 4.38. The second-order valence-corrected chi connectivity index (χ2v) is 8.75. The minimum absolute atomic E-state index is 0.0876. The number of furan rings is 1. The Morgan fingerprint density at radius 3 is 2.45 bits per heavy atom. The van der Waals surface area contributed by atoms with Gasteiger partial charge in [-0.2, -0.15) is 13.2 Å². The second kappa shape index (κ2) is 8.51. The molecule has 11 heteroatoms. The largest absolute Gasteiger partial charge is 0.459 e. The van der Waals surface area contributed by atoms with E-state index in [1.165, 1.54) is 41.7 Å². The number of carbonyl (C=O) groups is 2. The smallest absolute Gasteiger partial charge is 0.437 e. The lowest BCUT2D eigenvalue weighted by Crippen LogP contribution is -2.72. The number of benzene rings is 2. The molecule has 1 aliphatic heterocycles. The summed E-state index contributed by atoms with van der Waals surface area (Å²) in [5, 5.41) is 14.8. The van der Waals surface area contributed by atoms with Crippen LogP contribution in [0.4, 0.5) is 18.0 Å². The minimum atomic E-state index is -5.36. The molecule has 2 amide bonds. The zero-order valence-electron chi connectivity index (χ0n) is 16.5. The molecule has 0 unspecified atom stereocenters. The molecule has 33 heavy (non-hydrogen) atoms. The Hall–Kier alpha value is -2.82. The van der Waals surface area contributed by atoms with Crippen molar-refractivity contribution < 1.29 is 32.3 Å². The van der Waals surface area contributed by atoms with Crippen LogP contribution in [0, 0.1) is 5.92 Å². The van der Waals surface area contributed by atoms with Crippen LogP contribution < -0.4 is 10.6 Å². The molecule has 3 atom stereocenters. The first-order valence-corrected chi connectivity index (χ1v) is 10.7. The van der Waals surface area contributed by atoms with Gasteiger partial charge in [0.25, 0.3) is 0 Å². The first kappa shape index (κ1) is 23.3. The molecular formula is C22H15BrClF3N2O4. The summed E-state index contributed by atoms with van der Waals surface area (Å²) in [5.74, 6) is -3.11. The Kier molecular flexibility index (Phi) is 6.02. The standard InChI is InChI=1S/C22H15BrClF3N2O4/c23-13-6-4-11(5-7-13)19(30)17-18(28-20(31)29-21(17,32)22(25,26)27)16-9-8-15(33-16)12-2-1-3-14(24)10-12/h1-10,17-18,32H,(H2,28,29,31)/t17-,18+,21+/m1/s1. The predicted molar refractivity (Wildman–Crippen MR) is 117 cm³/mol. The molecule has 0 spiro atoms. The van der Waals surface area contributed by atoms with E-state index in [4.69, 9.17) is 16.0 Å². The maximum atomic E-state index is 14.0. The number of ketones is 1. The lowest BCUT2D eigenvalue weighted by atomic mass is 9.79. The van der Waals surface area contributed by atoms with Gasteiger partial charge in [-0.15, -0.1) is 0 Å². The van der Waals surface area contributed by atoms with E-state index in [1.54, 1.807) is 24.3 Å². The number of halogens is 5. The number of urea groups is 1. The number of nitrogens with one attached hydrogen (secondary N) is 2. The SMILES string of the molecule is O=C1N[C@@H](c2ccc(-c3cccc(Cl)c3)o2)[C@H](C(=O)c2ccc(Br)cc2)[C@](O)(C(F)(F)F)N1. The lowest BCUT2D eigenvalue weighted by molar-refractivity contribution is -0.288. The van der Waals surface area contributed by atoms with Gasteiger partial charge in [-0.05, 0) is 36.4 Å². The number of amides is 2. The monoisotopic (exact) mass is 542 g/mol. The number of alkyl halides is 3. The van der Waals surface area contributed by atoms with Crippen LogP contribution in [-0.2, 0) is 0 Å². The minimum Gasteiger partial charge on any atom is -0.459 e. The molecule has 6 nitrogen and oxygen atoms in total. The van der Waals surface area contributed by atoms with E-state index in [9.17, 15) is 27.9 Å². The van der Waals surface area contributed by atoms with Crippen LogP contribution in [0.1, 0.15) is 22.2 Å². The van der Waals surface area contributed by atoms with Crippen molar-refractivity contribution >= 4 is 39.3 Å². The summed E-state index contributed by atoms with van der Waals surface area (Å²) in [6, 6.07) is 12.0. The van der Waals surface area contributed by atoms with Gasteiger partial charge >= 0.3 is 12.2 Å². The molecule has 4 rings (SSSR count). The molecule has 3 N–H and O–H groups in total. The van der Waals surface area contributed by atoms with Crippen LogP contribution in [0.5, 0.6) is 0 Å². The van der Waals surface area contributed by atoms with Crippen molar-refractivity contribution in [2.75, 3.05) is 0 Å². The van der Waals surface area contributed by atoms with Crippen LogP contribution in [-0.4, -0.2) is 28.8 Å². The molecule has 1 aromatic heterocycles. The Morgan fingerprint density at radius 2 is 1.82 bits per heavy atom. The summed E-state index contributed by atoms with van der Waals surface area (Å²) in [6.07, 6.45) is -5.36. The molecule has 0 radical (unpaired) electrons. The van der Waals surface area contributed by atoms with Crippen LogP contribution >= 0.6 is 27.5 Å². The van der Waals surface area contributed by atoms with Crippen molar-refractivity contribution in [3.63, 3.8) is 0 Å². The lowest BCUT2D eigenvalue weighted by Gasteiger charge is -2.44. The van der Waals surface area contributed by atoms with Gasteiger partial charge in [0, 0.05) is 20.6 Å². The Bertz CT molecular complexity index is 1210. The van der Waals surface area contributed by atoms with Crippen molar-refractivity contribution in [2.45, 2.75) is 17.9 Å². The number of hydrogen-bond donors (Lipinski definition) is 3. The Balaban J connectivity index is 1.81.